The van der Waals surface area contributed by atoms with E-state index in [0.717, 1.165) is 39.1 Å². The molecule has 2 unspecified atom stereocenters. The highest BCUT2D eigenvalue weighted by molar-refractivity contribution is 5.85. The molecule has 140 valence electrons. The summed E-state index contributed by atoms with van der Waals surface area (Å²) in [6.07, 6.45) is 1.37. The molecule has 5 heteroatoms. The van der Waals surface area contributed by atoms with E-state index in [9.17, 15) is 4.79 Å². The first-order valence-electron chi connectivity index (χ1n) is 9.46. The first-order chi connectivity index (χ1) is 12.3. The Morgan fingerprint density at radius 3 is 2.23 bits per heavy atom. The number of carbonyl (C=O) groups excluding carboxylic acids is 1. The third kappa shape index (κ3) is 4.91. The van der Waals surface area contributed by atoms with Crippen LogP contribution in [0, 0.1) is 16.7 Å². The zero-order valence-corrected chi connectivity index (χ0v) is 16.1. The van der Waals surface area contributed by atoms with Gasteiger partial charge in [-0.1, -0.05) is 32.9 Å². The van der Waals surface area contributed by atoms with Crippen molar-refractivity contribution in [2.45, 2.75) is 39.4 Å². The molecule has 2 heterocycles. The maximum absolute atomic E-state index is 12.3. The van der Waals surface area contributed by atoms with Crippen molar-refractivity contribution in [1.29, 1.82) is 5.26 Å². The largest absolute Gasteiger partial charge is 0.370 e. The van der Waals surface area contributed by atoms with Crippen LogP contribution in [-0.2, 0) is 16.0 Å². The molecule has 3 rings (SSSR count). The van der Waals surface area contributed by atoms with Crippen LogP contribution < -0.4 is 0 Å². The maximum Gasteiger partial charge on any atom is 0.152 e. The lowest BCUT2D eigenvalue weighted by Crippen LogP contribution is -2.60. The first-order valence-corrected chi connectivity index (χ1v) is 9.46. The summed E-state index contributed by atoms with van der Waals surface area (Å²) in [5.74, 6) is 0.301. The molecule has 0 N–H and O–H groups in total. The Morgan fingerprint density at radius 1 is 1.12 bits per heavy atom. The van der Waals surface area contributed by atoms with Crippen LogP contribution in [0.5, 0.6) is 0 Å². The number of Topliss-reactive ketones (excluding diaryl/α,β-unsaturated/α-hetero) is 1. The first kappa shape index (κ1) is 19.0. The van der Waals surface area contributed by atoms with Gasteiger partial charge in [0, 0.05) is 38.1 Å². The van der Waals surface area contributed by atoms with Crippen LogP contribution in [0.2, 0.25) is 0 Å². The Morgan fingerprint density at radius 2 is 1.69 bits per heavy atom. The molecule has 0 radical (unpaired) electrons. The van der Waals surface area contributed by atoms with Crippen molar-refractivity contribution in [2.24, 2.45) is 5.41 Å². The summed E-state index contributed by atoms with van der Waals surface area (Å²) < 4.78 is 6.10. The van der Waals surface area contributed by atoms with Crippen LogP contribution in [0.1, 0.15) is 31.9 Å². The number of nitrogens with zero attached hydrogens (tertiary/aromatic N) is 3. The van der Waals surface area contributed by atoms with Gasteiger partial charge in [0.25, 0.3) is 0 Å². The molecule has 2 atom stereocenters. The Labute approximate surface area is 156 Å². The second-order valence-corrected chi connectivity index (χ2v) is 8.57. The minimum atomic E-state index is -0.277. The lowest BCUT2D eigenvalue weighted by Gasteiger charge is -2.46. The molecular formula is C21H29N3O2. The molecule has 2 bridgehead atoms. The van der Waals surface area contributed by atoms with Crippen molar-refractivity contribution in [2.75, 3.05) is 39.3 Å². The molecule has 0 aromatic heterocycles. The van der Waals surface area contributed by atoms with E-state index >= 15 is 0 Å². The highest BCUT2D eigenvalue weighted by atomic mass is 16.5. The minimum absolute atomic E-state index is 0.191. The number of nitriles is 1. The quantitative estimate of drug-likeness (QED) is 0.810. The van der Waals surface area contributed by atoms with Crippen molar-refractivity contribution in [3.05, 3.63) is 35.4 Å². The molecule has 2 aliphatic heterocycles. The van der Waals surface area contributed by atoms with Crippen molar-refractivity contribution in [1.82, 2.24) is 9.80 Å². The number of morpholine rings is 2. The highest BCUT2D eigenvalue weighted by Crippen LogP contribution is 2.22. The highest BCUT2D eigenvalue weighted by Gasteiger charge is 2.36. The number of ketones is 1. The fourth-order valence-electron chi connectivity index (χ4n) is 3.65. The van der Waals surface area contributed by atoms with Crippen LogP contribution >= 0.6 is 0 Å². The van der Waals surface area contributed by atoms with E-state index < -0.39 is 0 Å². The second kappa shape index (κ2) is 7.87. The molecule has 5 nitrogen and oxygen atoms in total. The monoisotopic (exact) mass is 355 g/mol. The SMILES string of the molecule is CC(C)(C)C(=O)CN1CC2CN(CCc3ccc(C#N)cc3)CC(C1)O2. The van der Waals surface area contributed by atoms with Crippen molar-refractivity contribution < 1.29 is 9.53 Å². The molecule has 0 saturated carbocycles. The summed E-state index contributed by atoms with van der Waals surface area (Å²) in [6, 6.07) is 10.0. The Bertz CT molecular complexity index is 658. The van der Waals surface area contributed by atoms with Gasteiger partial charge in [0.15, 0.2) is 5.78 Å². The smallest absolute Gasteiger partial charge is 0.152 e. The summed E-state index contributed by atoms with van der Waals surface area (Å²) in [6.45, 7) is 11.0. The number of carbonyl (C=O) groups is 1. The Balaban J connectivity index is 1.49. The van der Waals surface area contributed by atoms with Crippen LogP contribution in [0.4, 0.5) is 0 Å². The van der Waals surface area contributed by atoms with E-state index in [4.69, 9.17) is 10.00 Å². The predicted molar refractivity (Wildman–Crippen MR) is 101 cm³/mol. The molecule has 0 amide bonds. The second-order valence-electron chi connectivity index (χ2n) is 8.57. The topological polar surface area (TPSA) is 56.6 Å². The molecule has 2 fully saturated rings. The van der Waals surface area contributed by atoms with E-state index in [2.05, 4.69) is 15.9 Å². The maximum atomic E-state index is 12.3. The summed E-state index contributed by atoms with van der Waals surface area (Å²) in [4.78, 5) is 17.0. The van der Waals surface area contributed by atoms with Gasteiger partial charge in [0.05, 0.1) is 30.4 Å². The lowest BCUT2D eigenvalue weighted by molar-refractivity contribution is -0.147. The van der Waals surface area contributed by atoms with Gasteiger partial charge < -0.3 is 4.74 Å². The van der Waals surface area contributed by atoms with Gasteiger partial charge in [0.1, 0.15) is 0 Å². The Kier molecular flexibility index (Phi) is 5.76. The fourth-order valence-corrected chi connectivity index (χ4v) is 3.65. The Hall–Kier alpha value is -1.74. The standard InChI is InChI=1S/C21H29N3O2/c1-21(2,3)20(25)15-24-13-18-11-23(12-19(14-24)26-18)9-8-16-4-6-17(10-22)7-5-16/h4-7,18-19H,8-9,11-15H2,1-3H3. The average molecular weight is 355 g/mol. The number of rotatable bonds is 5. The molecule has 1 aromatic rings. The third-order valence-corrected chi connectivity index (χ3v) is 5.24. The summed E-state index contributed by atoms with van der Waals surface area (Å²) in [5, 5.41) is 8.88. The van der Waals surface area contributed by atoms with Crippen molar-refractivity contribution in [3.63, 3.8) is 0 Å². The van der Waals surface area contributed by atoms with Crippen LogP contribution in [0.25, 0.3) is 0 Å². The molecule has 2 aliphatic rings. The van der Waals surface area contributed by atoms with Gasteiger partial charge in [-0.3, -0.25) is 14.6 Å². The van der Waals surface area contributed by atoms with Crippen LogP contribution in [0.15, 0.2) is 24.3 Å². The number of hydrogen-bond acceptors (Lipinski definition) is 5. The minimum Gasteiger partial charge on any atom is -0.370 e. The van der Waals surface area contributed by atoms with E-state index in [1.54, 1.807) is 0 Å². The van der Waals surface area contributed by atoms with E-state index in [-0.39, 0.29) is 17.6 Å². The van der Waals surface area contributed by atoms with Gasteiger partial charge in [0.2, 0.25) is 0 Å². The zero-order valence-electron chi connectivity index (χ0n) is 16.1. The zero-order chi connectivity index (χ0) is 18.7. The van der Waals surface area contributed by atoms with Gasteiger partial charge in [-0.25, -0.2) is 0 Å². The molecular weight excluding hydrogens is 326 g/mol. The van der Waals surface area contributed by atoms with E-state index in [1.165, 1.54) is 5.56 Å². The average Bonchev–Trinajstić information content (AvgIpc) is 2.59. The number of fused-ring (bicyclic) bond motifs is 2. The van der Waals surface area contributed by atoms with Gasteiger partial charge in [-0.15, -0.1) is 0 Å². The normalized spacial score (nSPS) is 24.2. The summed E-state index contributed by atoms with van der Waals surface area (Å²) in [7, 11) is 0. The lowest BCUT2D eigenvalue weighted by atomic mass is 9.90. The van der Waals surface area contributed by atoms with Gasteiger partial charge >= 0.3 is 0 Å². The molecule has 1 aromatic carbocycles. The van der Waals surface area contributed by atoms with E-state index in [0.29, 0.717) is 17.9 Å². The predicted octanol–water partition coefficient (Wildman–Crippen LogP) is 2.10. The van der Waals surface area contributed by atoms with Gasteiger partial charge in [-0.2, -0.15) is 5.26 Å². The van der Waals surface area contributed by atoms with Crippen molar-refractivity contribution >= 4 is 5.78 Å². The molecule has 0 aliphatic carbocycles. The molecule has 2 saturated heterocycles. The fraction of sp³-hybridized carbons (Fsp3) is 0.619. The molecule has 26 heavy (non-hydrogen) atoms. The van der Waals surface area contributed by atoms with E-state index in [1.807, 2.05) is 45.0 Å². The number of ether oxygens (including phenoxy) is 1. The third-order valence-electron chi connectivity index (χ3n) is 5.24. The summed E-state index contributed by atoms with van der Waals surface area (Å²) in [5.41, 5.74) is 1.69. The van der Waals surface area contributed by atoms with Crippen molar-refractivity contribution in [3.8, 4) is 6.07 Å². The number of benzene rings is 1. The van der Waals surface area contributed by atoms with Gasteiger partial charge in [-0.05, 0) is 24.1 Å². The summed E-state index contributed by atoms with van der Waals surface area (Å²) >= 11 is 0. The number of hydrogen-bond donors (Lipinski definition) is 0. The van der Waals surface area contributed by atoms with Crippen LogP contribution in [-0.4, -0.2) is 67.1 Å². The molecule has 0 spiro atoms. The van der Waals surface area contributed by atoms with Crippen LogP contribution in [0.3, 0.4) is 0 Å².